The molecule has 1 aliphatic rings. The molecule has 1 atom stereocenters. The van der Waals surface area contributed by atoms with E-state index < -0.39 is 0 Å². The van der Waals surface area contributed by atoms with Crippen LogP contribution in [0.3, 0.4) is 0 Å². The summed E-state index contributed by atoms with van der Waals surface area (Å²) in [6.07, 6.45) is 5.83. The Morgan fingerprint density at radius 2 is 2.39 bits per heavy atom. The lowest BCUT2D eigenvalue weighted by Crippen LogP contribution is -2.31. The Morgan fingerprint density at radius 1 is 1.50 bits per heavy atom. The lowest BCUT2D eigenvalue weighted by atomic mass is 9.96. The molecule has 1 unspecified atom stereocenters. The fourth-order valence-corrected chi connectivity index (χ4v) is 3.24. The average molecular weight is 308 g/mol. The molecule has 96 valence electrons. The van der Waals surface area contributed by atoms with Crippen molar-refractivity contribution >= 4 is 21.4 Å². The predicted molar refractivity (Wildman–Crippen MR) is 76.9 cm³/mol. The van der Waals surface area contributed by atoms with Gasteiger partial charge in [0.2, 0.25) is 0 Å². The van der Waals surface area contributed by atoms with Crippen molar-refractivity contribution in [1.29, 1.82) is 0 Å². The molecule has 1 aliphatic heterocycles. The third-order valence-corrected chi connectivity index (χ3v) is 4.27. The molecule has 4 heteroatoms. The molecule has 1 fully saturated rings. The van der Waals surface area contributed by atoms with Crippen LogP contribution >= 0.6 is 15.9 Å². The number of fused-ring (bicyclic) bond motifs is 1. The molecule has 1 N–H and O–H groups in total. The van der Waals surface area contributed by atoms with Crippen LogP contribution in [0.15, 0.2) is 22.9 Å². The van der Waals surface area contributed by atoms with Crippen LogP contribution in [0, 0.1) is 12.8 Å². The number of halogens is 1. The van der Waals surface area contributed by atoms with E-state index in [0.717, 1.165) is 23.5 Å². The number of imidazole rings is 1. The van der Waals surface area contributed by atoms with Crippen molar-refractivity contribution in [1.82, 2.24) is 14.7 Å². The van der Waals surface area contributed by atoms with E-state index in [0.29, 0.717) is 0 Å². The predicted octanol–water partition coefficient (Wildman–Crippen LogP) is 2.95. The highest BCUT2D eigenvalue weighted by Gasteiger charge is 2.17. The first kappa shape index (κ1) is 12.2. The van der Waals surface area contributed by atoms with Gasteiger partial charge in [0.15, 0.2) is 0 Å². The SMILES string of the molecule is Cc1ccc2c(Br)nc(CC3CCCNC3)n2c1. The lowest BCUT2D eigenvalue weighted by Gasteiger charge is -2.22. The maximum Gasteiger partial charge on any atom is 0.132 e. The maximum atomic E-state index is 4.68. The number of piperidine rings is 1. The van der Waals surface area contributed by atoms with Crippen molar-refractivity contribution in [3.05, 3.63) is 34.3 Å². The molecule has 0 bridgehead atoms. The van der Waals surface area contributed by atoms with Crippen LogP contribution < -0.4 is 5.32 Å². The topological polar surface area (TPSA) is 29.3 Å². The third kappa shape index (κ3) is 2.31. The van der Waals surface area contributed by atoms with E-state index in [1.165, 1.54) is 36.3 Å². The standard InChI is InChI=1S/C14H18BrN3/c1-10-4-5-12-14(15)17-13(18(12)9-10)7-11-3-2-6-16-8-11/h4-5,9,11,16H,2-3,6-8H2,1H3. The molecule has 0 aromatic carbocycles. The van der Waals surface area contributed by atoms with E-state index in [2.05, 4.69) is 55.9 Å². The summed E-state index contributed by atoms with van der Waals surface area (Å²) in [5.74, 6) is 1.89. The van der Waals surface area contributed by atoms with Crippen molar-refractivity contribution in [2.45, 2.75) is 26.2 Å². The van der Waals surface area contributed by atoms with Gasteiger partial charge in [-0.05, 0) is 66.3 Å². The first-order chi connectivity index (χ1) is 8.74. The van der Waals surface area contributed by atoms with Crippen molar-refractivity contribution in [3.8, 4) is 0 Å². The van der Waals surface area contributed by atoms with Crippen LogP contribution in [0.25, 0.3) is 5.52 Å². The Bertz CT molecular complexity index is 555. The monoisotopic (exact) mass is 307 g/mol. The van der Waals surface area contributed by atoms with Crippen LogP contribution in [-0.2, 0) is 6.42 Å². The first-order valence-corrected chi connectivity index (χ1v) is 7.37. The second-order valence-electron chi connectivity index (χ2n) is 5.20. The molecule has 0 aliphatic carbocycles. The number of aromatic nitrogens is 2. The van der Waals surface area contributed by atoms with E-state index >= 15 is 0 Å². The minimum absolute atomic E-state index is 0.719. The van der Waals surface area contributed by atoms with Gasteiger partial charge in [-0.15, -0.1) is 0 Å². The van der Waals surface area contributed by atoms with Gasteiger partial charge in [-0.25, -0.2) is 4.98 Å². The molecule has 0 saturated carbocycles. The molecule has 18 heavy (non-hydrogen) atoms. The molecule has 0 amide bonds. The summed E-state index contributed by atoms with van der Waals surface area (Å²) >= 11 is 3.56. The van der Waals surface area contributed by atoms with Gasteiger partial charge in [0, 0.05) is 12.6 Å². The zero-order chi connectivity index (χ0) is 12.5. The van der Waals surface area contributed by atoms with E-state index in [1.54, 1.807) is 0 Å². The van der Waals surface area contributed by atoms with Gasteiger partial charge in [0.25, 0.3) is 0 Å². The molecule has 3 rings (SSSR count). The van der Waals surface area contributed by atoms with Gasteiger partial charge in [-0.2, -0.15) is 0 Å². The molecule has 1 saturated heterocycles. The van der Waals surface area contributed by atoms with E-state index in [1.807, 2.05) is 0 Å². The largest absolute Gasteiger partial charge is 0.316 e. The lowest BCUT2D eigenvalue weighted by molar-refractivity contribution is 0.370. The Balaban J connectivity index is 1.93. The van der Waals surface area contributed by atoms with Crippen molar-refractivity contribution < 1.29 is 0 Å². The summed E-state index contributed by atoms with van der Waals surface area (Å²) < 4.78 is 3.19. The van der Waals surface area contributed by atoms with Gasteiger partial charge in [0.05, 0.1) is 5.52 Å². The average Bonchev–Trinajstić information content (AvgIpc) is 2.67. The number of nitrogens with zero attached hydrogens (tertiary/aromatic N) is 2. The molecule has 3 heterocycles. The molecular weight excluding hydrogens is 290 g/mol. The van der Waals surface area contributed by atoms with Crippen LogP contribution in [0.2, 0.25) is 0 Å². The summed E-state index contributed by atoms with van der Waals surface area (Å²) in [4.78, 5) is 4.68. The van der Waals surface area contributed by atoms with Crippen molar-refractivity contribution in [2.24, 2.45) is 5.92 Å². The molecular formula is C14H18BrN3. The molecule has 2 aromatic rings. The Labute approximate surface area is 116 Å². The zero-order valence-electron chi connectivity index (χ0n) is 10.6. The van der Waals surface area contributed by atoms with Crippen LogP contribution in [0.5, 0.6) is 0 Å². The zero-order valence-corrected chi connectivity index (χ0v) is 12.2. The highest BCUT2D eigenvalue weighted by atomic mass is 79.9. The minimum Gasteiger partial charge on any atom is -0.316 e. The molecule has 0 radical (unpaired) electrons. The van der Waals surface area contributed by atoms with Gasteiger partial charge < -0.3 is 9.72 Å². The number of aryl methyl sites for hydroxylation is 1. The summed E-state index contributed by atoms with van der Waals surface area (Å²) in [6, 6.07) is 4.27. The summed E-state index contributed by atoms with van der Waals surface area (Å²) in [5.41, 5.74) is 2.44. The number of rotatable bonds is 2. The fraction of sp³-hybridized carbons (Fsp3) is 0.500. The summed E-state index contributed by atoms with van der Waals surface area (Å²) in [6.45, 7) is 4.42. The molecule has 0 spiro atoms. The minimum atomic E-state index is 0.719. The van der Waals surface area contributed by atoms with Gasteiger partial charge in [-0.3, -0.25) is 0 Å². The molecule has 2 aromatic heterocycles. The summed E-state index contributed by atoms with van der Waals surface area (Å²) in [7, 11) is 0. The second kappa shape index (κ2) is 5.02. The van der Waals surface area contributed by atoms with Crippen molar-refractivity contribution in [3.63, 3.8) is 0 Å². The Kier molecular flexibility index (Phi) is 3.39. The highest BCUT2D eigenvalue weighted by molar-refractivity contribution is 9.10. The normalized spacial score (nSPS) is 20.4. The van der Waals surface area contributed by atoms with E-state index in [-0.39, 0.29) is 0 Å². The maximum absolute atomic E-state index is 4.68. The van der Waals surface area contributed by atoms with E-state index in [4.69, 9.17) is 0 Å². The smallest absolute Gasteiger partial charge is 0.132 e. The quantitative estimate of drug-likeness (QED) is 0.924. The van der Waals surface area contributed by atoms with Crippen LogP contribution in [-0.4, -0.2) is 22.5 Å². The van der Waals surface area contributed by atoms with Crippen molar-refractivity contribution in [2.75, 3.05) is 13.1 Å². The van der Waals surface area contributed by atoms with Gasteiger partial charge in [0.1, 0.15) is 10.4 Å². The fourth-order valence-electron chi connectivity index (χ4n) is 2.71. The third-order valence-electron chi connectivity index (χ3n) is 3.68. The number of nitrogens with one attached hydrogen (secondary N) is 1. The van der Waals surface area contributed by atoms with Crippen LogP contribution in [0.1, 0.15) is 24.2 Å². The van der Waals surface area contributed by atoms with Gasteiger partial charge >= 0.3 is 0 Å². The first-order valence-electron chi connectivity index (χ1n) is 6.58. The van der Waals surface area contributed by atoms with Gasteiger partial charge in [-0.1, -0.05) is 6.07 Å². The second-order valence-corrected chi connectivity index (χ2v) is 5.95. The highest BCUT2D eigenvalue weighted by Crippen LogP contribution is 2.23. The number of hydrogen-bond acceptors (Lipinski definition) is 2. The summed E-state index contributed by atoms with van der Waals surface area (Å²) in [5, 5.41) is 3.47. The Morgan fingerprint density at radius 3 is 3.17 bits per heavy atom. The number of pyridine rings is 1. The van der Waals surface area contributed by atoms with E-state index in [9.17, 15) is 0 Å². The Hall–Kier alpha value is -0.870. The molecule has 3 nitrogen and oxygen atoms in total. The number of hydrogen-bond donors (Lipinski definition) is 1. The van der Waals surface area contributed by atoms with Crippen LogP contribution in [0.4, 0.5) is 0 Å².